The molecule has 1 aromatic carbocycles. The number of nitrogens with zero attached hydrogens (tertiary/aromatic N) is 2. The van der Waals surface area contributed by atoms with E-state index in [1.165, 1.54) is 24.8 Å². The number of likely N-dealkylation sites (tertiary alicyclic amines) is 2. The van der Waals surface area contributed by atoms with Gasteiger partial charge in [0.15, 0.2) is 0 Å². The van der Waals surface area contributed by atoms with Crippen molar-refractivity contribution in [2.24, 2.45) is 17.8 Å². The molecular formula is C34H48N4O4. The maximum atomic E-state index is 14.2. The number of anilines is 1. The highest BCUT2D eigenvalue weighted by Crippen LogP contribution is 2.55. The first-order chi connectivity index (χ1) is 20.3. The van der Waals surface area contributed by atoms with Gasteiger partial charge in [-0.3, -0.25) is 14.4 Å². The monoisotopic (exact) mass is 576 g/mol. The number of rotatable bonds is 9. The Labute approximate surface area is 250 Å². The Morgan fingerprint density at radius 2 is 1.79 bits per heavy atom. The maximum absolute atomic E-state index is 14.2. The average Bonchev–Trinajstić information content (AvgIpc) is 3.61. The van der Waals surface area contributed by atoms with Gasteiger partial charge in [0.2, 0.25) is 17.7 Å². The van der Waals surface area contributed by atoms with Crippen molar-refractivity contribution >= 4 is 23.4 Å². The van der Waals surface area contributed by atoms with E-state index in [0.717, 1.165) is 51.7 Å². The molecule has 4 heterocycles. The van der Waals surface area contributed by atoms with Gasteiger partial charge in [-0.25, -0.2) is 0 Å². The van der Waals surface area contributed by atoms with Crippen LogP contribution in [0.3, 0.4) is 0 Å². The minimum atomic E-state index is -1.11. The quantitative estimate of drug-likeness (QED) is 0.424. The number of ether oxygens (including phenoxy) is 1. The van der Waals surface area contributed by atoms with Crippen LogP contribution in [0.1, 0.15) is 83.6 Å². The molecule has 0 radical (unpaired) electrons. The fourth-order valence-electron chi connectivity index (χ4n) is 8.17. The minimum Gasteiger partial charge on any atom is -0.359 e. The van der Waals surface area contributed by atoms with Gasteiger partial charge < -0.3 is 25.2 Å². The second-order valence-corrected chi connectivity index (χ2v) is 13.7. The lowest BCUT2D eigenvalue weighted by molar-refractivity contribution is -0.141. The lowest BCUT2D eigenvalue weighted by atomic mass is 9.74. The first kappa shape index (κ1) is 29.4. The van der Waals surface area contributed by atoms with Crippen LogP contribution < -0.4 is 10.6 Å². The van der Waals surface area contributed by atoms with Crippen molar-refractivity contribution in [3.05, 3.63) is 42.0 Å². The predicted octanol–water partition coefficient (Wildman–Crippen LogP) is 4.47. The third kappa shape index (κ3) is 5.52. The van der Waals surface area contributed by atoms with Gasteiger partial charge in [0.25, 0.3) is 0 Å². The summed E-state index contributed by atoms with van der Waals surface area (Å²) in [7, 11) is 0. The summed E-state index contributed by atoms with van der Waals surface area (Å²) < 4.78 is 6.53. The topological polar surface area (TPSA) is 91.0 Å². The smallest absolute Gasteiger partial charge is 0.246 e. The molecule has 1 aromatic rings. The highest BCUT2D eigenvalue weighted by molar-refractivity contribution is 6.02. The molecule has 1 spiro atoms. The number of carbonyl (C=O) groups excluding carboxylic acids is 3. The molecule has 8 heteroatoms. The normalized spacial score (nSPS) is 32.9. The summed E-state index contributed by atoms with van der Waals surface area (Å²) in [4.78, 5) is 46.3. The Balaban J connectivity index is 1.22. The molecule has 42 heavy (non-hydrogen) atoms. The molecule has 3 saturated heterocycles. The summed E-state index contributed by atoms with van der Waals surface area (Å²) >= 11 is 0. The Morgan fingerprint density at radius 1 is 1.02 bits per heavy atom. The van der Waals surface area contributed by atoms with Gasteiger partial charge in [-0.1, -0.05) is 64.3 Å². The Hall–Kier alpha value is -2.71. The summed E-state index contributed by atoms with van der Waals surface area (Å²) in [6.07, 6.45) is 11.9. The number of fused-ring (bicyclic) bond motifs is 1. The molecule has 4 aliphatic heterocycles. The van der Waals surface area contributed by atoms with E-state index in [1.807, 2.05) is 36.4 Å². The first-order valence-electron chi connectivity index (χ1n) is 16.4. The van der Waals surface area contributed by atoms with Crippen LogP contribution in [0, 0.1) is 17.8 Å². The number of carbonyl (C=O) groups is 3. The van der Waals surface area contributed by atoms with Crippen molar-refractivity contribution in [3.63, 3.8) is 0 Å². The maximum Gasteiger partial charge on any atom is 0.246 e. The van der Waals surface area contributed by atoms with E-state index < -0.39 is 29.6 Å². The number of nitrogens with one attached hydrogen (secondary N) is 2. The second kappa shape index (κ2) is 12.1. The molecule has 3 amide bonds. The van der Waals surface area contributed by atoms with Crippen LogP contribution in [0.5, 0.6) is 0 Å². The van der Waals surface area contributed by atoms with Gasteiger partial charge in [-0.05, 0) is 74.7 Å². The molecule has 1 saturated carbocycles. The summed E-state index contributed by atoms with van der Waals surface area (Å²) in [6.45, 7) is 10.1. The van der Waals surface area contributed by atoms with Crippen LogP contribution in [0.25, 0.3) is 0 Å². The molecule has 1 aliphatic carbocycles. The highest BCUT2D eigenvalue weighted by Gasteiger charge is 2.72. The fraction of sp³-hybridized carbons (Fsp3) is 0.676. The number of piperidine rings is 1. The molecule has 2 N–H and O–H groups in total. The fourth-order valence-corrected chi connectivity index (χ4v) is 8.17. The molecule has 2 bridgehead atoms. The summed E-state index contributed by atoms with van der Waals surface area (Å²) in [5.41, 5.74) is 0.796. The SMILES string of the molecule is CC1CCCN(CCCN2C(=O)C3C(C(=O)Nc4ccc(C(C)C)cc4)C4C=CC3(O4)C2C(=O)NC2CCCCC2)C1. The molecule has 6 unspecified atom stereocenters. The van der Waals surface area contributed by atoms with E-state index >= 15 is 0 Å². The summed E-state index contributed by atoms with van der Waals surface area (Å²) in [6, 6.07) is 7.24. The van der Waals surface area contributed by atoms with Gasteiger partial charge in [-0.15, -0.1) is 0 Å². The van der Waals surface area contributed by atoms with Crippen molar-refractivity contribution in [1.29, 1.82) is 0 Å². The Kier molecular flexibility index (Phi) is 8.47. The van der Waals surface area contributed by atoms with Crippen LogP contribution in [0.2, 0.25) is 0 Å². The van der Waals surface area contributed by atoms with Gasteiger partial charge in [0, 0.05) is 24.8 Å². The predicted molar refractivity (Wildman–Crippen MR) is 163 cm³/mol. The van der Waals surface area contributed by atoms with Crippen LogP contribution in [-0.4, -0.2) is 77.5 Å². The largest absolute Gasteiger partial charge is 0.359 e. The molecule has 5 aliphatic rings. The van der Waals surface area contributed by atoms with Crippen molar-refractivity contribution in [2.75, 3.05) is 31.5 Å². The number of amides is 3. The highest BCUT2D eigenvalue weighted by atomic mass is 16.5. The van der Waals surface area contributed by atoms with E-state index in [-0.39, 0.29) is 23.8 Å². The first-order valence-corrected chi connectivity index (χ1v) is 16.4. The van der Waals surface area contributed by atoms with Gasteiger partial charge in [-0.2, -0.15) is 0 Å². The van der Waals surface area contributed by atoms with E-state index in [2.05, 4.69) is 36.3 Å². The molecule has 228 valence electrons. The van der Waals surface area contributed by atoms with Crippen LogP contribution in [-0.2, 0) is 19.1 Å². The zero-order chi connectivity index (χ0) is 29.4. The van der Waals surface area contributed by atoms with Crippen LogP contribution in [0.4, 0.5) is 5.69 Å². The Morgan fingerprint density at radius 3 is 2.50 bits per heavy atom. The average molecular weight is 577 g/mol. The summed E-state index contributed by atoms with van der Waals surface area (Å²) in [5, 5.41) is 6.34. The number of hydrogen-bond donors (Lipinski definition) is 2. The van der Waals surface area contributed by atoms with Crippen molar-refractivity contribution in [2.45, 2.75) is 102 Å². The van der Waals surface area contributed by atoms with Crippen LogP contribution in [0.15, 0.2) is 36.4 Å². The molecule has 0 aromatic heterocycles. The molecule has 8 nitrogen and oxygen atoms in total. The second-order valence-electron chi connectivity index (χ2n) is 13.7. The Bertz CT molecular complexity index is 1190. The van der Waals surface area contributed by atoms with E-state index in [4.69, 9.17) is 4.74 Å². The van der Waals surface area contributed by atoms with Gasteiger partial charge in [0.05, 0.1) is 17.9 Å². The molecule has 6 rings (SSSR count). The molecule has 4 fully saturated rings. The van der Waals surface area contributed by atoms with E-state index in [0.29, 0.717) is 24.1 Å². The van der Waals surface area contributed by atoms with Crippen LogP contribution >= 0.6 is 0 Å². The van der Waals surface area contributed by atoms with E-state index in [1.54, 1.807) is 4.90 Å². The van der Waals surface area contributed by atoms with E-state index in [9.17, 15) is 14.4 Å². The molecular weight excluding hydrogens is 528 g/mol. The van der Waals surface area contributed by atoms with Gasteiger partial charge in [0.1, 0.15) is 11.6 Å². The molecule has 6 atom stereocenters. The van der Waals surface area contributed by atoms with Crippen molar-refractivity contribution < 1.29 is 19.1 Å². The standard InChI is InChI=1S/C34H48N4O4/c1-22(2)24-12-14-26(15-13-24)35-31(39)28-27-16-17-34(42-27)29(28)33(41)38(20-8-19-37-18-7-9-23(3)21-37)30(34)32(40)36-25-10-5-4-6-11-25/h12-17,22-23,25,27-30H,4-11,18-21H2,1-3H3,(H,35,39)(H,36,40). The zero-order valence-electron chi connectivity index (χ0n) is 25.5. The minimum absolute atomic E-state index is 0.129. The van der Waals surface area contributed by atoms with Crippen molar-refractivity contribution in [3.8, 4) is 0 Å². The number of hydrogen-bond acceptors (Lipinski definition) is 5. The van der Waals surface area contributed by atoms with Gasteiger partial charge >= 0.3 is 0 Å². The number of benzene rings is 1. The third-order valence-electron chi connectivity index (χ3n) is 10.3. The summed E-state index contributed by atoms with van der Waals surface area (Å²) in [5.74, 6) is -0.791. The van der Waals surface area contributed by atoms with Crippen molar-refractivity contribution in [1.82, 2.24) is 15.1 Å². The third-order valence-corrected chi connectivity index (χ3v) is 10.3. The lowest BCUT2D eigenvalue weighted by Gasteiger charge is -2.35. The lowest BCUT2D eigenvalue weighted by Crippen LogP contribution is -2.56. The zero-order valence-corrected chi connectivity index (χ0v) is 25.5.